The summed E-state index contributed by atoms with van der Waals surface area (Å²) >= 11 is 0. The first-order valence-corrected chi connectivity index (χ1v) is 4.81. The molecular formula is C9H19NO. The van der Waals surface area contributed by atoms with Gasteiger partial charge in [-0.05, 0) is 19.3 Å². The molecule has 0 radical (unpaired) electrons. The lowest BCUT2D eigenvalue weighted by atomic mass is 10.2. The van der Waals surface area contributed by atoms with Gasteiger partial charge in [-0.25, -0.2) is 0 Å². The SMILES string of the molecule is CCCCON1CCCCC1. The highest BCUT2D eigenvalue weighted by atomic mass is 16.7. The lowest BCUT2D eigenvalue weighted by Gasteiger charge is -2.25. The monoisotopic (exact) mass is 157 g/mol. The van der Waals surface area contributed by atoms with Crippen molar-refractivity contribution in [3.63, 3.8) is 0 Å². The molecule has 1 aliphatic rings. The summed E-state index contributed by atoms with van der Waals surface area (Å²) in [6.45, 7) is 5.39. The van der Waals surface area contributed by atoms with Crippen molar-refractivity contribution in [2.45, 2.75) is 39.0 Å². The van der Waals surface area contributed by atoms with Crippen LogP contribution >= 0.6 is 0 Å². The minimum Gasteiger partial charge on any atom is -0.299 e. The molecule has 66 valence electrons. The van der Waals surface area contributed by atoms with Gasteiger partial charge in [0.05, 0.1) is 6.61 Å². The predicted octanol–water partition coefficient (Wildman–Crippen LogP) is 2.20. The van der Waals surface area contributed by atoms with Crippen molar-refractivity contribution in [2.24, 2.45) is 0 Å². The Balaban J connectivity index is 1.96. The fourth-order valence-corrected chi connectivity index (χ4v) is 1.33. The Morgan fingerprint density at radius 1 is 1.18 bits per heavy atom. The fraction of sp³-hybridized carbons (Fsp3) is 1.00. The summed E-state index contributed by atoms with van der Waals surface area (Å²) in [6.07, 6.45) is 6.43. The van der Waals surface area contributed by atoms with Gasteiger partial charge in [0, 0.05) is 13.1 Å². The Morgan fingerprint density at radius 3 is 2.55 bits per heavy atom. The van der Waals surface area contributed by atoms with Crippen LogP contribution in [0.2, 0.25) is 0 Å². The molecule has 11 heavy (non-hydrogen) atoms. The second-order valence-electron chi connectivity index (χ2n) is 3.18. The zero-order valence-corrected chi connectivity index (χ0v) is 7.51. The molecule has 0 aliphatic carbocycles. The molecule has 0 N–H and O–H groups in total. The number of hydroxylamine groups is 2. The maximum Gasteiger partial charge on any atom is 0.0685 e. The van der Waals surface area contributed by atoms with Gasteiger partial charge in [0.1, 0.15) is 0 Å². The Morgan fingerprint density at radius 2 is 1.91 bits per heavy atom. The molecular weight excluding hydrogens is 138 g/mol. The van der Waals surface area contributed by atoms with Crippen molar-refractivity contribution in [3.05, 3.63) is 0 Å². The Bertz CT molecular complexity index is 89.6. The van der Waals surface area contributed by atoms with E-state index in [4.69, 9.17) is 4.84 Å². The van der Waals surface area contributed by atoms with Crippen LogP contribution in [0.15, 0.2) is 0 Å². The summed E-state index contributed by atoms with van der Waals surface area (Å²) in [4.78, 5) is 5.56. The van der Waals surface area contributed by atoms with Gasteiger partial charge in [-0.1, -0.05) is 19.8 Å². The van der Waals surface area contributed by atoms with E-state index in [9.17, 15) is 0 Å². The van der Waals surface area contributed by atoms with E-state index in [2.05, 4.69) is 12.0 Å². The van der Waals surface area contributed by atoms with Gasteiger partial charge in [0.25, 0.3) is 0 Å². The molecule has 0 saturated carbocycles. The smallest absolute Gasteiger partial charge is 0.0685 e. The van der Waals surface area contributed by atoms with Crippen LogP contribution in [-0.2, 0) is 4.84 Å². The molecule has 1 fully saturated rings. The molecule has 0 spiro atoms. The highest BCUT2D eigenvalue weighted by Crippen LogP contribution is 2.08. The summed E-state index contributed by atoms with van der Waals surface area (Å²) in [7, 11) is 0. The number of unbranched alkanes of at least 4 members (excludes halogenated alkanes) is 1. The summed E-state index contributed by atoms with van der Waals surface area (Å²) in [6, 6.07) is 0. The van der Waals surface area contributed by atoms with Crippen molar-refractivity contribution in [1.82, 2.24) is 5.06 Å². The standard InChI is InChI=1S/C9H19NO/c1-2-3-9-11-10-7-5-4-6-8-10/h2-9H2,1H3. The third-order valence-corrected chi connectivity index (χ3v) is 2.09. The molecule has 2 heteroatoms. The van der Waals surface area contributed by atoms with Crippen LogP contribution in [0.4, 0.5) is 0 Å². The third-order valence-electron chi connectivity index (χ3n) is 2.09. The zero-order valence-electron chi connectivity index (χ0n) is 7.51. The van der Waals surface area contributed by atoms with Crippen molar-refractivity contribution < 1.29 is 4.84 Å². The van der Waals surface area contributed by atoms with Crippen LogP contribution in [-0.4, -0.2) is 24.8 Å². The lowest BCUT2D eigenvalue weighted by molar-refractivity contribution is -0.168. The molecule has 1 saturated heterocycles. The normalized spacial score (nSPS) is 20.5. The first-order chi connectivity index (χ1) is 5.43. The number of rotatable bonds is 4. The van der Waals surface area contributed by atoms with Gasteiger partial charge in [-0.2, -0.15) is 5.06 Å². The molecule has 0 aromatic heterocycles. The fourth-order valence-electron chi connectivity index (χ4n) is 1.33. The summed E-state index contributed by atoms with van der Waals surface area (Å²) < 4.78 is 0. The quantitative estimate of drug-likeness (QED) is 0.580. The average Bonchev–Trinajstić information content (AvgIpc) is 2.07. The van der Waals surface area contributed by atoms with Crippen molar-refractivity contribution in [1.29, 1.82) is 0 Å². The molecule has 0 aromatic rings. The molecule has 2 nitrogen and oxygen atoms in total. The van der Waals surface area contributed by atoms with E-state index in [1.807, 2.05) is 0 Å². The van der Waals surface area contributed by atoms with Gasteiger partial charge < -0.3 is 0 Å². The zero-order chi connectivity index (χ0) is 7.94. The molecule has 0 atom stereocenters. The van der Waals surface area contributed by atoms with E-state index in [0.717, 1.165) is 19.7 Å². The van der Waals surface area contributed by atoms with E-state index in [1.165, 1.54) is 32.1 Å². The second kappa shape index (κ2) is 5.56. The van der Waals surface area contributed by atoms with E-state index in [1.54, 1.807) is 0 Å². The van der Waals surface area contributed by atoms with E-state index < -0.39 is 0 Å². The number of piperidine rings is 1. The Kier molecular flexibility index (Phi) is 4.55. The topological polar surface area (TPSA) is 12.5 Å². The van der Waals surface area contributed by atoms with Crippen molar-refractivity contribution in [2.75, 3.05) is 19.7 Å². The average molecular weight is 157 g/mol. The van der Waals surface area contributed by atoms with Gasteiger partial charge in [-0.3, -0.25) is 4.84 Å². The highest BCUT2D eigenvalue weighted by molar-refractivity contribution is 4.56. The number of nitrogens with zero attached hydrogens (tertiary/aromatic N) is 1. The van der Waals surface area contributed by atoms with Crippen LogP contribution < -0.4 is 0 Å². The first-order valence-electron chi connectivity index (χ1n) is 4.81. The molecule has 0 bridgehead atoms. The Hall–Kier alpha value is -0.0800. The largest absolute Gasteiger partial charge is 0.299 e. The molecule has 0 amide bonds. The predicted molar refractivity (Wildman–Crippen MR) is 46.3 cm³/mol. The number of hydrogen-bond donors (Lipinski definition) is 0. The molecule has 0 unspecified atom stereocenters. The van der Waals surface area contributed by atoms with Crippen LogP contribution in [0, 0.1) is 0 Å². The first kappa shape index (κ1) is 9.01. The lowest BCUT2D eigenvalue weighted by Crippen LogP contribution is -2.30. The molecule has 1 aliphatic heterocycles. The minimum absolute atomic E-state index is 0.913. The second-order valence-corrected chi connectivity index (χ2v) is 3.18. The van der Waals surface area contributed by atoms with E-state index in [-0.39, 0.29) is 0 Å². The van der Waals surface area contributed by atoms with Gasteiger partial charge in [0.15, 0.2) is 0 Å². The Labute approximate surface area is 69.5 Å². The summed E-state index contributed by atoms with van der Waals surface area (Å²) in [5.41, 5.74) is 0. The third kappa shape index (κ3) is 3.73. The van der Waals surface area contributed by atoms with Crippen molar-refractivity contribution >= 4 is 0 Å². The number of hydrogen-bond acceptors (Lipinski definition) is 2. The molecule has 1 heterocycles. The molecule has 0 aromatic carbocycles. The van der Waals surface area contributed by atoms with Crippen LogP contribution in [0.3, 0.4) is 0 Å². The van der Waals surface area contributed by atoms with Gasteiger partial charge in [0.2, 0.25) is 0 Å². The van der Waals surface area contributed by atoms with Gasteiger partial charge in [-0.15, -0.1) is 0 Å². The maximum absolute atomic E-state index is 5.56. The van der Waals surface area contributed by atoms with Crippen LogP contribution in [0.25, 0.3) is 0 Å². The van der Waals surface area contributed by atoms with Gasteiger partial charge >= 0.3 is 0 Å². The van der Waals surface area contributed by atoms with Crippen LogP contribution in [0.1, 0.15) is 39.0 Å². The highest BCUT2D eigenvalue weighted by Gasteiger charge is 2.09. The maximum atomic E-state index is 5.56. The van der Waals surface area contributed by atoms with Crippen LogP contribution in [0.5, 0.6) is 0 Å². The van der Waals surface area contributed by atoms with E-state index >= 15 is 0 Å². The summed E-state index contributed by atoms with van der Waals surface area (Å²) in [5, 5.41) is 2.12. The summed E-state index contributed by atoms with van der Waals surface area (Å²) in [5.74, 6) is 0. The van der Waals surface area contributed by atoms with Crippen molar-refractivity contribution in [3.8, 4) is 0 Å². The minimum atomic E-state index is 0.913. The molecule has 1 rings (SSSR count). The van der Waals surface area contributed by atoms with E-state index in [0.29, 0.717) is 0 Å².